The SMILES string of the molecule is CC[C@@H]1CCc2c(cc3c(c2O)C(=O)c2ccccc2C3=O)[C@]1(C#N)O[Si](C)(C)C. The van der Waals surface area contributed by atoms with E-state index in [1.165, 1.54) is 0 Å². The van der Waals surface area contributed by atoms with Crippen LogP contribution in [0.25, 0.3) is 0 Å². The zero-order valence-corrected chi connectivity index (χ0v) is 18.7. The molecule has 0 unspecified atom stereocenters. The molecule has 6 heteroatoms. The summed E-state index contributed by atoms with van der Waals surface area (Å²) in [5, 5.41) is 21.5. The maximum Gasteiger partial charge on any atom is 0.198 e. The fourth-order valence-corrected chi connectivity index (χ4v) is 6.18. The molecule has 0 spiro atoms. The number of rotatable bonds is 3. The Morgan fingerprint density at radius 3 is 2.37 bits per heavy atom. The largest absolute Gasteiger partial charge is 0.507 e. The number of carbonyl (C=O) groups excluding carboxylic acids is 2. The molecule has 0 aromatic heterocycles. The van der Waals surface area contributed by atoms with Gasteiger partial charge in [-0.3, -0.25) is 9.59 Å². The minimum atomic E-state index is -2.16. The first-order valence-electron chi connectivity index (χ1n) is 10.3. The fourth-order valence-electron chi connectivity index (χ4n) is 4.89. The van der Waals surface area contributed by atoms with E-state index < -0.39 is 13.9 Å². The molecule has 0 bridgehead atoms. The zero-order valence-electron chi connectivity index (χ0n) is 17.7. The molecule has 0 saturated heterocycles. The fraction of sp³-hybridized carbons (Fsp3) is 0.375. The van der Waals surface area contributed by atoms with Crippen LogP contribution in [0, 0.1) is 17.2 Å². The quantitative estimate of drug-likeness (QED) is 0.621. The zero-order chi connectivity index (χ0) is 21.8. The van der Waals surface area contributed by atoms with E-state index in [0.29, 0.717) is 35.1 Å². The van der Waals surface area contributed by atoms with E-state index in [4.69, 9.17) is 4.43 Å². The van der Waals surface area contributed by atoms with Crippen LogP contribution in [-0.4, -0.2) is 25.0 Å². The second kappa shape index (κ2) is 6.90. The van der Waals surface area contributed by atoms with Crippen molar-refractivity contribution in [2.75, 3.05) is 0 Å². The minimum Gasteiger partial charge on any atom is -0.507 e. The van der Waals surface area contributed by atoms with Crippen molar-refractivity contribution in [2.24, 2.45) is 5.92 Å². The van der Waals surface area contributed by atoms with Gasteiger partial charge in [0.2, 0.25) is 0 Å². The Bertz CT molecular complexity index is 1130. The Hall–Kier alpha value is -2.75. The molecule has 0 radical (unpaired) electrons. The Balaban J connectivity index is 2.02. The molecule has 5 nitrogen and oxygen atoms in total. The number of phenolic OH excluding ortho intramolecular Hbond substituents is 1. The summed E-state index contributed by atoms with van der Waals surface area (Å²) in [6.07, 6.45) is 1.95. The highest BCUT2D eigenvalue weighted by molar-refractivity contribution is 6.69. The van der Waals surface area contributed by atoms with Gasteiger partial charge in [0.25, 0.3) is 0 Å². The summed E-state index contributed by atoms with van der Waals surface area (Å²) in [4.78, 5) is 26.4. The number of aromatic hydroxyl groups is 1. The molecule has 2 aliphatic carbocycles. The molecule has 0 aliphatic heterocycles. The maximum atomic E-state index is 13.2. The van der Waals surface area contributed by atoms with Gasteiger partial charge in [0.15, 0.2) is 25.5 Å². The molecule has 154 valence electrons. The lowest BCUT2D eigenvalue weighted by atomic mass is 9.68. The first-order chi connectivity index (χ1) is 14.1. The molecular weight excluding hydrogens is 394 g/mol. The number of nitrogens with zero attached hydrogens (tertiary/aromatic N) is 1. The predicted molar refractivity (Wildman–Crippen MR) is 115 cm³/mol. The summed E-state index contributed by atoms with van der Waals surface area (Å²) in [5.74, 6) is -0.895. The van der Waals surface area contributed by atoms with Crippen LogP contribution in [-0.2, 0) is 16.4 Å². The Kier molecular flexibility index (Phi) is 4.72. The van der Waals surface area contributed by atoms with E-state index >= 15 is 0 Å². The molecule has 1 N–H and O–H groups in total. The predicted octanol–water partition coefficient (Wildman–Crippen LogP) is 4.71. The van der Waals surface area contributed by atoms with Gasteiger partial charge in [-0.25, -0.2) is 0 Å². The van der Waals surface area contributed by atoms with Gasteiger partial charge < -0.3 is 9.53 Å². The van der Waals surface area contributed by atoms with E-state index in [1.54, 1.807) is 30.3 Å². The van der Waals surface area contributed by atoms with Crippen LogP contribution in [0.2, 0.25) is 19.6 Å². The third-order valence-corrected chi connectivity index (χ3v) is 7.07. The summed E-state index contributed by atoms with van der Waals surface area (Å²) in [6.45, 7) is 8.10. The number of hydrogen-bond donors (Lipinski definition) is 1. The van der Waals surface area contributed by atoms with Gasteiger partial charge in [-0.1, -0.05) is 31.2 Å². The van der Waals surface area contributed by atoms with Gasteiger partial charge in [-0.2, -0.15) is 5.26 Å². The van der Waals surface area contributed by atoms with Gasteiger partial charge in [-0.05, 0) is 45.0 Å². The smallest absolute Gasteiger partial charge is 0.198 e. The topological polar surface area (TPSA) is 87.4 Å². The lowest BCUT2D eigenvalue weighted by Gasteiger charge is -2.44. The van der Waals surface area contributed by atoms with Crippen LogP contribution in [0.4, 0.5) is 0 Å². The summed E-state index contributed by atoms with van der Waals surface area (Å²) in [7, 11) is -2.16. The molecule has 4 rings (SSSR count). The molecule has 0 heterocycles. The standard InChI is InChI=1S/C24H25NO4Si/c1-5-14-10-11-17-19(24(14,13-25)29-30(2,3)4)12-18-20(23(17)28)22(27)16-9-7-6-8-15(16)21(18)26/h6-9,12,14,28H,5,10-11H2,1-4H3/t14-,24-/m1/s1. The Morgan fingerprint density at radius 1 is 1.17 bits per heavy atom. The van der Waals surface area contributed by atoms with Crippen LogP contribution < -0.4 is 0 Å². The van der Waals surface area contributed by atoms with Gasteiger partial charge in [0, 0.05) is 33.7 Å². The van der Waals surface area contributed by atoms with Crippen molar-refractivity contribution in [3.05, 3.63) is 63.7 Å². The monoisotopic (exact) mass is 419 g/mol. The maximum absolute atomic E-state index is 13.2. The highest BCUT2D eigenvalue weighted by Crippen LogP contribution is 2.50. The highest BCUT2D eigenvalue weighted by atomic mass is 28.4. The van der Waals surface area contributed by atoms with Crippen molar-refractivity contribution >= 4 is 19.9 Å². The second-order valence-electron chi connectivity index (χ2n) is 9.08. The number of nitriles is 1. The Labute approximate surface area is 177 Å². The molecule has 2 aliphatic rings. The normalized spacial score (nSPS) is 22.7. The second-order valence-corrected chi connectivity index (χ2v) is 13.5. The third kappa shape index (κ3) is 2.84. The molecule has 2 aromatic carbocycles. The number of hydrogen-bond acceptors (Lipinski definition) is 5. The minimum absolute atomic E-state index is 0.0484. The van der Waals surface area contributed by atoms with Crippen molar-refractivity contribution < 1.29 is 19.1 Å². The highest BCUT2D eigenvalue weighted by Gasteiger charge is 2.50. The van der Waals surface area contributed by atoms with Crippen LogP contribution in [0.3, 0.4) is 0 Å². The van der Waals surface area contributed by atoms with Gasteiger partial charge in [0.1, 0.15) is 11.8 Å². The molecular formula is C24H25NO4Si. The summed E-state index contributed by atoms with van der Waals surface area (Å²) >= 11 is 0. The van der Waals surface area contributed by atoms with E-state index in [2.05, 4.69) is 6.07 Å². The molecule has 0 fully saturated rings. The van der Waals surface area contributed by atoms with Crippen molar-refractivity contribution in [1.82, 2.24) is 0 Å². The van der Waals surface area contributed by atoms with Gasteiger partial charge in [0.05, 0.1) is 5.56 Å². The summed E-state index contributed by atoms with van der Waals surface area (Å²) < 4.78 is 6.49. The molecule has 30 heavy (non-hydrogen) atoms. The summed E-state index contributed by atoms with van der Waals surface area (Å²) in [5.41, 5.74) is 0.696. The molecule has 0 saturated carbocycles. The number of fused-ring (bicyclic) bond motifs is 3. The average Bonchev–Trinajstić information content (AvgIpc) is 2.71. The molecule has 2 aromatic rings. The van der Waals surface area contributed by atoms with E-state index in [-0.39, 0.29) is 34.4 Å². The number of carbonyl (C=O) groups is 2. The number of benzene rings is 2. The van der Waals surface area contributed by atoms with Crippen molar-refractivity contribution in [2.45, 2.75) is 51.4 Å². The van der Waals surface area contributed by atoms with Crippen LogP contribution in [0.15, 0.2) is 30.3 Å². The third-order valence-electron chi connectivity index (χ3n) is 6.14. The van der Waals surface area contributed by atoms with Gasteiger partial charge >= 0.3 is 0 Å². The van der Waals surface area contributed by atoms with Crippen LogP contribution in [0.5, 0.6) is 5.75 Å². The van der Waals surface area contributed by atoms with Crippen molar-refractivity contribution in [3.8, 4) is 11.8 Å². The van der Waals surface area contributed by atoms with E-state index in [1.807, 2.05) is 26.6 Å². The van der Waals surface area contributed by atoms with E-state index in [0.717, 1.165) is 6.42 Å². The molecule has 2 atom stereocenters. The number of ketones is 2. The van der Waals surface area contributed by atoms with E-state index in [9.17, 15) is 20.0 Å². The lowest BCUT2D eigenvalue weighted by molar-refractivity contribution is 0.0352. The average molecular weight is 420 g/mol. The first-order valence-corrected chi connectivity index (χ1v) is 13.7. The van der Waals surface area contributed by atoms with Crippen LogP contribution >= 0.6 is 0 Å². The van der Waals surface area contributed by atoms with Gasteiger partial charge in [-0.15, -0.1) is 0 Å². The first kappa shape index (κ1) is 20.5. The van der Waals surface area contributed by atoms with Crippen molar-refractivity contribution in [3.63, 3.8) is 0 Å². The molecule has 0 amide bonds. The Morgan fingerprint density at radius 2 is 1.80 bits per heavy atom. The van der Waals surface area contributed by atoms with Crippen molar-refractivity contribution in [1.29, 1.82) is 5.26 Å². The lowest BCUT2D eigenvalue weighted by Crippen LogP contribution is -2.47. The number of phenols is 1. The van der Waals surface area contributed by atoms with Crippen LogP contribution in [0.1, 0.15) is 62.7 Å². The summed E-state index contributed by atoms with van der Waals surface area (Å²) in [6, 6.07) is 10.7.